The fraction of sp³-hybridized carbons (Fsp3) is 0.0370. The monoisotopic (exact) mass is 484 g/mol. The average Bonchev–Trinajstić information content (AvgIpc) is 2.85. The lowest BCUT2D eigenvalue weighted by Crippen LogP contribution is -2.17. The molecule has 0 spiro atoms. The van der Waals surface area contributed by atoms with Gasteiger partial charge >= 0.3 is 0 Å². The van der Waals surface area contributed by atoms with Crippen LogP contribution in [0.15, 0.2) is 113 Å². The third-order valence-electron chi connectivity index (χ3n) is 4.83. The zero-order valence-corrected chi connectivity index (χ0v) is 18.8. The van der Waals surface area contributed by atoms with E-state index < -0.39 is 0 Å². The minimum atomic E-state index is -0.264. The summed E-state index contributed by atoms with van der Waals surface area (Å²) < 4.78 is 7.06. The number of para-hydroxylation sites is 1. The first-order valence-electron chi connectivity index (χ1n) is 10.1. The van der Waals surface area contributed by atoms with Gasteiger partial charge in [-0.25, -0.2) is 5.43 Å². The normalized spacial score (nSPS) is 10.8. The first kappa shape index (κ1) is 21.5. The molecule has 0 unspecified atom stereocenters. The van der Waals surface area contributed by atoms with E-state index >= 15 is 0 Å². The molecule has 0 aliphatic carbocycles. The summed E-state index contributed by atoms with van der Waals surface area (Å²) in [5.41, 5.74) is 7.12. The molecule has 0 saturated heterocycles. The molecule has 0 radical (unpaired) electrons. The summed E-state index contributed by atoms with van der Waals surface area (Å²) in [6.45, 7) is 0.410. The summed E-state index contributed by atoms with van der Waals surface area (Å²) in [5, 5.41) is 4.02. The molecule has 1 N–H and O–H groups in total. The fourth-order valence-corrected chi connectivity index (χ4v) is 3.41. The van der Waals surface area contributed by atoms with Crippen LogP contribution in [0.4, 0.5) is 0 Å². The van der Waals surface area contributed by atoms with Crippen molar-refractivity contribution >= 4 is 28.1 Å². The molecule has 4 rings (SSSR count). The third kappa shape index (κ3) is 5.71. The van der Waals surface area contributed by atoms with Crippen LogP contribution in [0.3, 0.4) is 0 Å². The molecule has 158 valence electrons. The second-order valence-electron chi connectivity index (χ2n) is 7.10. The molecule has 0 aliphatic rings. The average molecular weight is 485 g/mol. The summed E-state index contributed by atoms with van der Waals surface area (Å²) >= 11 is 3.39. The van der Waals surface area contributed by atoms with Gasteiger partial charge in [-0.1, -0.05) is 88.7 Å². The Labute approximate surface area is 195 Å². The Morgan fingerprint density at radius 3 is 2.28 bits per heavy atom. The Morgan fingerprint density at radius 1 is 0.844 bits per heavy atom. The van der Waals surface area contributed by atoms with Gasteiger partial charge in [-0.2, -0.15) is 5.10 Å². The van der Waals surface area contributed by atoms with Gasteiger partial charge in [0.2, 0.25) is 0 Å². The minimum absolute atomic E-state index is 0.264. The highest BCUT2D eigenvalue weighted by atomic mass is 79.9. The van der Waals surface area contributed by atoms with Crippen LogP contribution < -0.4 is 10.2 Å². The molecule has 0 aliphatic heterocycles. The van der Waals surface area contributed by atoms with E-state index in [1.807, 2.05) is 78.9 Å². The highest BCUT2D eigenvalue weighted by Gasteiger charge is 2.07. The Kier molecular flexibility index (Phi) is 7.10. The lowest BCUT2D eigenvalue weighted by Gasteiger charge is -2.12. The summed E-state index contributed by atoms with van der Waals surface area (Å²) in [5.74, 6) is 0.558. The lowest BCUT2D eigenvalue weighted by molar-refractivity contribution is 0.0955. The van der Waals surface area contributed by atoms with E-state index in [0.717, 1.165) is 32.5 Å². The molecule has 0 fully saturated rings. The predicted octanol–water partition coefficient (Wildman–Crippen LogP) is 6.46. The summed E-state index contributed by atoms with van der Waals surface area (Å²) in [4.78, 5) is 12.3. The molecule has 0 aromatic heterocycles. The van der Waals surface area contributed by atoms with Crippen LogP contribution in [0.2, 0.25) is 0 Å². The largest absolute Gasteiger partial charge is 0.488 e. The summed E-state index contributed by atoms with van der Waals surface area (Å²) in [6, 6.07) is 33.1. The van der Waals surface area contributed by atoms with E-state index in [1.165, 1.54) is 0 Å². The SMILES string of the molecule is O=C(NN=Cc1ccc(Br)cc1)c1ccc(COc2ccccc2-c2ccccc2)cc1. The second kappa shape index (κ2) is 10.6. The number of nitrogens with zero attached hydrogens (tertiary/aromatic N) is 1. The number of rotatable bonds is 7. The van der Waals surface area contributed by atoms with E-state index in [1.54, 1.807) is 18.3 Å². The number of hydrogen-bond acceptors (Lipinski definition) is 3. The van der Waals surface area contributed by atoms with E-state index in [0.29, 0.717) is 12.2 Å². The molecule has 0 bridgehead atoms. The summed E-state index contributed by atoms with van der Waals surface area (Å²) in [7, 11) is 0. The smallest absolute Gasteiger partial charge is 0.271 e. The number of carbonyl (C=O) groups excluding carboxylic acids is 1. The van der Waals surface area contributed by atoms with Crippen molar-refractivity contribution in [3.05, 3.63) is 124 Å². The van der Waals surface area contributed by atoms with Crippen molar-refractivity contribution in [2.45, 2.75) is 6.61 Å². The Bertz CT molecular complexity index is 1200. The van der Waals surface area contributed by atoms with Gasteiger partial charge in [-0.3, -0.25) is 4.79 Å². The van der Waals surface area contributed by atoms with E-state index in [9.17, 15) is 4.79 Å². The van der Waals surface area contributed by atoms with Gasteiger partial charge in [0.05, 0.1) is 6.21 Å². The van der Waals surface area contributed by atoms with Gasteiger partial charge in [-0.05, 0) is 47.0 Å². The highest BCUT2D eigenvalue weighted by molar-refractivity contribution is 9.10. The maximum Gasteiger partial charge on any atom is 0.271 e. The van der Waals surface area contributed by atoms with Crippen LogP contribution in [-0.4, -0.2) is 12.1 Å². The number of amides is 1. The molecule has 1 amide bonds. The molecular formula is C27H21BrN2O2. The Hall–Kier alpha value is -3.70. The number of hydrazone groups is 1. The Balaban J connectivity index is 1.35. The molecule has 4 aromatic carbocycles. The molecular weight excluding hydrogens is 464 g/mol. The van der Waals surface area contributed by atoms with Crippen molar-refractivity contribution < 1.29 is 9.53 Å². The van der Waals surface area contributed by atoms with Crippen LogP contribution in [0.5, 0.6) is 5.75 Å². The topological polar surface area (TPSA) is 50.7 Å². The van der Waals surface area contributed by atoms with Gasteiger partial charge in [0.1, 0.15) is 12.4 Å². The fourth-order valence-electron chi connectivity index (χ4n) is 3.14. The van der Waals surface area contributed by atoms with Crippen LogP contribution in [-0.2, 0) is 6.61 Å². The first-order valence-corrected chi connectivity index (χ1v) is 10.9. The van der Waals surface area contributed by atoms with E-state index in [-0.39, 0.29) is 5.91 Å². The van der Waals surface area contributed by atoms with Crippen molar-refractivity contribution in [2.75, 3.05) is 0 Å². The van der Waals surface area contributed by atoms with Crippen LogP contribution in [0.25, 0.3) is 11.1 Å². The number of hydrogen-bond donors (Lipinski definition) is 1. The third-order valence-corrected chi connectivity index (χ3v) is 5.36. The van der Waals surface area contributed by atoms with Gasteiger partial charge < -0.3 is 4.74 Å². The van der Waals surface area contributed by atoms with E-state index in [4.69, 9.17) is 4.74 Å². The molecule has 0 atom stereocenters. The molecule has 4 nitrogen and oxygen atoms in total. The van der Waals surface area contributed by atoms with Gasteiger partial charge in [0.15, 0.2) is 0 Å². The molecule has 4 aromatic rings. The number of halogens is 1. The molecule has 0 heterocycles. The standard InChI is InChI=1S/C27H21BrN2O2/c28-24-16-12-20(13-17-24)18-29-30-27(31)23-14-10-21(11-15-23)19-32-26-9-5-4-8-25(26)22-6-2-1-3-7-22/h1-18H,19H2,(H,30,31). The first-order chi connectivity index (χ1) is 15.7. The van der Waals surface area contributed by atoms with Crippen molar-refractivity contribution in [1.82, 2.24) is 5.43 Å². The maximum atomic E-state index is 12.3. The van der Waals surface area contributed by atoms with E-state index in [2.05, 4.69) is 38.6 Å². The van der Waals surface area contributed by atoms with Crippen LogP contribution in [0.1, 0.15) is 21.5 Å². The van der Waals surface area contributed by atoms with Gasteiger partial charge in [0.25, 0.3) is 5.91 Å². The second-order valence-corrected chi connectivity index (χ2v) is 8.01. The van der Waals surface area contributed by atoms with Crippen LogP contribution >= 0.6 is 15.9 Å². The number of ether oxygens (including phenoxy) is 1. The molecule has 0 saturated carbocycles. The molecule has 32 heavy (non-hydrogen) atoms. The zero-order chi connectivity index (χ0) is 22.2. The highest BCUT2D eigenvalue weighted by Crippen LogP contribution is 2.30. The van der Waals surface area contributed by atoms with Crippen molar-refractivity contribution in [1.29, 1.82) is 0 Å². The Morgan fingerprint density at radius 2 is 1.53 bits per heavy atom. The van der Waals surface area contributed by atoms with Crippen molar-refractivity contribution in [3.8, 4) is 16.9 Å². The summed E-state index contributed by atoms with van der Waals surface area (Å²) in [6.07, 6.45) is 1.61. The van der Waals surface area contributed by atoms with Crippen molar-refractivity contribution in [2.24, 2.45) is 5.10 Å². The zero-order valence-electron chi connectivity index (χ0n) is 17.2. The quantitative estimate of drug-likeness (QED) is 0.241. The molecule has 5 heteroatoms. The maximum absolute atomic E-state index is 12.3. The van der Waals surface area contributed by atoms with Crippen molar-refractivity contribution in [3.63, 3.8) is 0 Å². The number of nitrogens with one attached hydrogen (secondary N) is 1. The number of carbonyl (C=O) groups is 1. The predicted molar refractivity (Wildman–Crippen MR) is 132 cm³/mol. The minimum Gasteiger partial charge on any atom is -0.488 e. The van der Waals surface area contributed by atoms with Crippen LogP contribution in [0, 0.1) is 0 Å². The number of benzene rings is 4. The lowest BCUT2D eigenvalue weighted by atomic mass is 10.0. The van der Waals surface area contributed by atoms with Gasteiger partial charge in [0, 0.05) is 15.6 Å². The van der Waals surface area contributed by atoms with Gasteiger partial charge in [-0.15, -0.1) is 0 Å².